The van der Waals surface area contributed by atoms with Crippen molar-refractivity contribution in [1.82, 2.24) is 0 Å². The Balaban J connectivity index is 4.35. The van der Waals surface area contributed by atoms with Crippen molar-refractivity contribution < 1.29 is 37.6 Å². The first-order chi connectivity index (χ1) is 24.3. The minimum atomic E-state index is -4.30. The fourth-order valence-corrected chi connectivity index (χ4v) is 5.01. The average molecular weight is 717 g/mol. The largest absolute Gasteiger partial charge is 0.472 e. The van der Waals surface area contributed by atoms with Crippen LogP contribution in [0.2, 0.25) is 0 Å². The summed E-state index contributed by atoms with van der Waals surface area (Å²) in [6.07, 6.45) is 46.1. The van der Waals surface area contributed by atoms with Gasteiger partial charge in [-0.25, -0.2) is 4.57 Å². The van der Waals surface area contributed by atoms with E-state index in [1.807, 2.05) is 0 Å². The second-order valence-corrected chi connectivity index (χ2v) is 12.9. The monoisotopic (exact) mass is 716 g/mol. The van der Waals surface area contributed by atoms with Crippen molar-refractivity contribution in [3.63, 3.8) is 0 Å². The lowest BCUT2D eigenvalue weighted by molar-refractivity contribution is -0.161. The molecule has 0 spiro atoms. The van der Waals surface area contributed by atoms with Crippen LogP contribution in [-0.2, 0) is 32.7 Å². The van der Waals surface area contributed by atoms with Gasteiger partial charge in [-0.3, -0.25) is 18.6 Å². The summed E-state index contributed by atoms with van der Waals surface area (Å²) in [4.78, 5) is 34.6. The molecule has 0 aromatic carbocycles. The third kappa shape index (κ3) is 34.8. The van der Waals surface area contributed by atoms with Gasteiger partial charge >= 0.3 is 19.8 Å². The molecule has 0 aromatic rings. The van der Waals surface area contributed by atoms with E-state index in [9.17, 15) is 19.0 Å². The van der Waals surface area contributed by atoms with E-state index in [1.165, 1.54) is 0 Å². The summed E-state index contributed by atoms with van der Waals surface area (Å²) in [6, 6.07) is 0. The summed E-state index contributed by atoms with van der Waals surface area (Å²) in [5.74, 6) is -0.909. The molecule has 8 nitrogen and oxygen atoms in total. The van der Waals surface area contributed by atoms with Crippen LogP contribution in [0.3, 0.4) is 0 Å². The summed E-state index contributed by atoms with van der Waals surface area (Å²) in [5, 5.41) is 0. The SMILES string of the molecule is CC/C=C\C/C=C\C/C=C\C/C=C\CCCCC(=O)OCC(COP(=O)(O)OCC)OC(=O)CCCC/C=C\C/C=C\C/C=C\C/C=C\CC. The Kier molecular flexibility index (Phi) is 33.6. The topological polar surface area (TPSA) is 108 Å². The van der Waals surface area contributed by atoms with Gasteiger partial charge in [-0.05, 0) is 96.8 Å². The molecule has 1 N–H and O–H groups in total. The molecule has 0 bridgehead atoms. The summed E-state index contributed by atoms with van der Waals surface area (Å²) in [6.45, 7) is 5.10. The smallest absolute Gasteiger partial charge is 0.462 e. The first-order valence-corrected chi connectivity index (χ1v) is 20.0. The molecule has 0 saturated carbocycles. The van der Waals surface area contributed by atoms with E-state index in [0.29, 0.717) is 12.8 Å². The number of phosphoric acid groups is 1. The molecular weight excluding hydrogens is 651 g/mol. The quantitative estimate of drug-likeness (QED) is 0.0317. The highest BCUT2D eigenvalue weighted by atomic mass is 31.2. The van der Waals surface area contributed by atoms with Gasteiger partial charge in [-0.15, -0.1) is 0 Å². The van der Waals surface area contributed by atoms with Crippen molar-refractivity contribution >= 4 is 19.8 Å². The van der Waals surface area contributed by atoms with Crippen LogP contribution < -0.4 is 0 Å². The molecule has 9 heteroatoms. The van der Waals surface area contributed by atoms with E-state index >= 15 is 0 Å². The number of carbonyl (C=O) groups is 2. The molecule has 0 aromatic heterocycles. The van der Waals surface area contributed by atoms with Crippen LogP contribution in [0.1, 0.15) is 124 Å². The maximum atomic E-state index is 12.5. The van der Waals surface area contributed by atoms with E-state index in [1.54, 1.807) is 6.92 Å². The van der Waals surface area contributed by atoms with Crippen LogP contribution >= 0.6 is 7.82 Å². The molecule has 50 heavy (non-hydrogen) atoms. The highest BCUT2D eigenvalue weighted by Gasteiger charge is 2.25. The van der Waals surface area contributed by atoms with Crippen LogP contribution in [0, 0.1) is 0 Å². The van der Waals surface area contributed by atoms with Crippen LogP contribution in [0.15, 0.2) is 97.2 Å². The van der Waals surface area contributed by atoms with E-state index in [2.05, 4.69) is 111 Å². The first kappa shape index (κ1) is 47.0. The third-order valence-corrected chi connectivity index (χ3v) is 7.95. The number of esters is 2. The van der Waals surface area contributed by atoms with Crippen LogP contribution in [0.25, 0.3) is 0 Å². The number of unbranched alkanes of at least 4 members (excludes halogenated alkanes) is 4. The molecular formula is C41H65O8P. The predicted octanol–water partition coefficient (Wildman–Crippen LogP) is 11.3. The Bertz CT molecular complexity index is 1130. The molecule has 0 aliphatic heterocycles. The predicted molar refractivity (Wildman–Crippen MR) is 207 cm³/mol. The Hall–Kier alpha value is -3.03. The van der Waals surface area contributed by atoms with Crippen molar-refractivity contribution in [3.8, 4) is 0 Å². The Labute approximate surface area is 303 Å². The second kappa shape index (κ2) is 35.8. The molecule has 0 aliphatic carbocycles. The zero-order chi connectivity index (χ0) is 36.8. The van der Waals surface area contributed by atoms with Gasteiger partial charge < -0.3 is 14.4 Å². The molecule has 2 atom stereocenters. The van der Waals surface area contributed by atoms with Gasteiger partial charge in [0.1, 0.15) is 6.61 Å². The van der Waals surface area contributed by atoms with Gasteiger partial charge in [0.25, 0.3) is 0 Å². The standard InChI is InChI=1S/C41H65O8P/c1-4-7-9-11-13-15-17-19-21-23-25-27-29-31-33-35-40(42)46-37-39(38-48-50(44,45)47-6-3)49-41(43)36-34-32-30-28-26-24-22-20-18-16-14-12-10-8-5-2/h7-10,13-16,19-22,25-28,39H,4-6,11-12,17-18,23-24,29-38H2,1-3H3,(H,44,45)/b9-7-,10-8-,15-13-,16-14-,21-19-,22-20-,27-25-,28-26-. The maximum absolute atomic E-state index is 12.5. The Morgan fingerprint density at radius 1 is 0.540 bits per heavy atom. The van der Waals surface area contributed by atoms with Crippen molar-refractivity contribution in [2.75, 3.05) is 19.8 Å². The fraction of sp³-hybridized carbons (Fsp3) is 0.561. The summed E-state index contributed by atoms with van der Waals surface area (Å²) < 4.78 is 32.4. The van der Waals surface area contributed by atoms with E-state index in [4.69, 9.17) is 18.5 Å². The molecule has 0 radical (unpaired) electrons. The van der Waals surface area contributed by atoms with Gasteiger partial charge in [0.05, 0.1) is 13.2 Å². The molecule has 282 valence electrons. The zero-order valence-corrected chi connectivity index (χ0v) is 31.9. The lowest BCUT2D eigenvalue weighted by Gasteiger charge is -2.19. The van der Waals surface area contributed by atoms with E-state index in [-0.39, 0.29) is 26.1 Å². The van der Waals surface area contributed by atoms with Gasteiger partial charge in [0.15, 0.2) is 6.10 Å². The van der Waals surface area contributed by atoms with Crippen molar-refractivity contribution in [1.29, 1.82) is 0 Å². The molecule has 0 amide bonds. The average Bonchev–Trinajstić information content (AvgIpc) is 3.09. The minimum Gasteiger partial charge on any atom is -0.462 e. The number of rotatable bonds is 32. The number of allylic oxidation sites excluding steroid dienone is 16. The van der Waals surface area contributed by atoms with Crippen LogP contribution in [0.4, 0.5) is 0 Å². The molecule has 2 unspecified atom stereocenters. The maximum Gasteiger partial charge on any atom is 0.472 e. The third-order valence-electron chi connectivity index (χ3n) is 6.89. The van der Waals surface area contributed by atoms with Gasteiger partial charge in [-0.1, -0.05) is 111 Å². The number of hydrogen-bond donors (Lipinski definition) is 1. The Morgan fingerprint density at radius 2 is 0.940 bits per heavy atom. The van der Waals surface area contributed by atoms with Crippen LogP contribution in [0.5, 0.6) is 0 Å². The van der Waals surface area contributed by atoms with Crippen molar-refractivity contribution in [3.05, 3.63) is 97.2 Å². The van der Waals surface area contributed by atoms with Crippen LogP contribution in [-0.4, -0.2) is 42.8 Å². The van der Waals surface area contributed by atoms with Gasteiger partial charge in [0.2, 0.25) is 0 Å². The van der Waals surface area contributed by atoms with Crippen molar-refractivity contribution in [2.45, 2.75) is 130 Å². The molecule has 0 saturated heterocycles. The number of phosphoric ester groups is 1. The highest BCUT2D eigenvalue weighted by molar-refractivity contribution is 7.47. The lowest BCUT2D eigenvalue weighted by Crippen LogP contribution is -2.29. The fourth-order valence-electron chi connectivity index (χ4n) is 4.25. The summed E-state index contributed by atoms with van der Waals surface area (Å²) in [5.41, 5.74) is 0. The van der Waals surface area contributed by atoms with E-state index < -0.39 is 32.5 Å². The van der Waals surface area contributed by atoms with Gasteiger partial charge in [-0.2, -0.15) is 0 Å². The normalized spacial score (nSPS) is 14.6. The molecule has 0 fully saturated rings. The number of carbonyl (C=O) groups excluding carboxylic acids is 2. The zero-order valence-electron chi connectivity index (χ0n) is 31.0. The number of ether oxygens (including phenoxy) is 2. The highest BCUT2D eigenvalue weighted by Crippen LogP contribution is 2.43. The number of hydrogen-bond acceptors (Lipinski definition) is 7. The van der Waals surface area contributed by atoms with Gasteiger partial charge in [0, 0.05) is 12.8 Å². The van der Waals surface area contributed by atoms with E-state index in [0.717, 1.165) is 77.0 Å². The summed E-state index contributed by atoms with van der Waals surface area (Å²) >= 11 is 0. The molecule has 0 heterocycles. The molecule has 0 rings (SSSR count). The minimum absolute atomic E-state index is 0.0204. The first-order valence-electron chi connectivity index (χ1n) is 18.5. The van der Waals surface area contributed by atoms with Crippen molar-refractivity contribution in [2.24, 2.45) is 0 Å². The summed E-state index contributed by atoms with van der Waals surface area (Å²) in [7, 11) is -4.30. The lowest BCUT2D eigenvalue weighted by atomic mass is 10.1. The Morgan fingerprint density at radius 3 is 1.36 bits per heavy atom. The second-order valence-electron chi connectivity index (χ2n) is 11.5. The molecule has 0 aliphatic rings.